The lowest BCUT2D eigenvalue weighted by molar-refractivity contribution is -0.181. The van der Waals surface area contributed by atoms with Crippen molar-refractivity contribution >= 4 is 15.7 Å². The van der Waals surface area contributed by atoms with Gasteiger partial charge in [0.1, 0.15) is 5.82 Å². The van der Waals surface area contributed by atoms with Gasteiger partial charge in [0, 0.05) is 19.4 Å². The Morgan fingerprint density at radius 2 is 1.91 bits per heavy atom. The van der Waals surface area contributed by atoms with Gasteiger partial charge in [-0.15, -0.1) is 0 Å². The molecule has 0 bridgehead atoms. The fourth-order valence-electron chi connectivity index (χ4n) is 3.85. The van der Waals surface area contributed by atoms with Gasteiger partial charge in [-0.3, -0.25) is 4.31 Å². The van der Waals surface area contributed by atoms with Crippen LogP contribution in [0.2, 0.25) is 0 Å². The summed E-state index contributed by atoms with van der Waals surface area (Å²) in [7, 11) is -3.39. The molecule has 5 nitrogen and oxygen atoms in total. The molecule has 0 unspecified atom stereocenters. The van der Waals surface area contributed by atoms with Gasteiger partial charge in [0.2, 0.25) is 10.0 Å². The molecule has 1 saturated carbocycles. The van der Waals surface area contributed by atoms with Gasteiger partial charge >= 0.3 is 0 Å². The van der Waals surface area contributed by atoms with Crippen LogP contribution in [0.5, 0.6) is 0 Å². The lowest BCUT2D eigenvalue weighted by Gasteiger charge is -2.36. The summed E-state index contributed by atoms with van der Waals surface area (Å²) < 4.78 is 51.1. The van der Waals surface area contributed by atoms with E-state index in [0.717, 1.165) is 25.7 Å². The third-order valence-corrected chi connectivity index (χ3v) is 6.79. The van der Waals surface area contributed by atoms with Crippen LogP contribution in [0, 0.1) is 11.7 Å². The molecule has 0 N–H and O–H groups in total. The van der Waals surface area contributed by atoms with Crippen LogP contribution < -0.4 is 4.31 Å². The number of fused-ring (bicyclic) bond motifs is 1. The highest BCUT2D eigenvalue weighted by Crippen LogP contribution is 2.41. The van der Waals surface area contributed by atoms with Crippen molar-refractivity contribution in [3.05, 3.63) is 29.6 Å². The monoisotopic (exact) mass is 341 g/mol. The predicted molar refractivity (Wildman–Crippen MR) is 83.0 cm³/mol. The number of nitrogens with zero attached hydrogens (tertiary/aromatic N) is 1. The van der Waals surface area contributed by atoms with E-state index in [1.165, 1.54) is 16.4 Å². The lowest BCUT2D eigenvalue weighted by atomic mass is 9.85. The van der Waals surface area contributed by atoms with Crippen LogP contribution in [0.1, 0.15) is 31.2 Å². The van der Waals surface area contributed by atoms with Crippen LogP contribution in [0.25, 0.3) is 0 Å². The molecule has 0 amide bonds. The molecule has 4 rings (SSSR count). The van der Waals surface area contributed by atoms with E-state index < -0.39 is 21.6 Å². The summed E-state index contributed by atoms with van der Waals surface area (Å²) in [6, 6.07) is 4.21. The quantitative estimate of drug-likeness (QED) is 0.829. The Morgan fingerprint density at radius 1 is 1.22 bits per heavy atom. The molecule has 1 saturated heterocycles. The summed E-state index contributed by atoms with van der Waals surface area (Å²) in [5.41, 5.74) is 1.18. The third kappa shape index (κ3) is 2.75. The van der Waals surface area contributed by atoms with Crippen molar-refractivity contribution in [3.8, 4) is 0 Å². The minimum Gasteiger partial charge on any atom is -0.348 e. The van der Waals surface area contributed by atoms with Crippen molar-refractivity contribution < 1.29 is 22.3 Å². The molecular formula is C16H20FNO4S. The van der Waals surface area contributed by atoms with Crippen LogP contribution in [0.3, 0.4) is 0 Å². The average Bonchev–Trinajstić information content (AvgIpc) is 3.05. The molecule has 126 valence electrons. The Labute approximate surface area is 135 Å². The normalized spacial score (nSPS) is 25.9. The molecule has 0 radical (unpaired) electrons. The van der Waals surface area contributed by atoms with Gasteiger partial charge in [0.15, 0.2) is 5.79 Å². The maximum atomic E-state index is 13.5. The molecule has 0 atom stereocenters. The molecule has 2 heterocycles. The number of sulfonamides is 1. The zero-order valence-corrected chi connectivity index (χ0v) is 13.6. The Bertz CT molecular complexity index is 705. The molecule has 7 heteroatoms. The maximum absolute atomic E-state index is 13.5. The molecule has 23 heavy (non-hydrogen) atoms. The van der Waals surface area contributed by atoms with Crippen LogP contribution in [0.15, 0.2) is 18.2 Å². The number of ether oxygens (including phenoxy) is 2. The standard InChI is InChI=1S/C16H20FNO4S/c17-14-2-1-13-11-23(19,20)18(15(13)9-14)10-12-3-5-16(6-4-12)21-7-8-22-16/h1-2,9,12H,3-8,10-11H2. The van der Waals surface area contributed by atoms with E-state index in [-0.39, 0.29) is 11.7 Å². The molecular weight excluding hydrogens is 321 g/mol. The number of halogens is 1. The maximum Gasteiger partial charge on any atom is 0.239 e. The summed E-state index contributed by atoms with van der Waals surface area (Å²) in [5, 5.41) is 0. The van der Waals surface area contributed by atoms with Crippen molar-refractivity contribution in [1.29, 1.82) is 0 Å². The summed E-state index contributed by atoms with van der Waals surface area (Å²) in [5.74, 6) is -0.630. The zero-order valence-electron chi connectivity index (χ0n) is 12.8. The highest BCUT2D eigenvalue weighted by molar-refractivity contribution is 7.92. The van der Waals surface area contributed by atoms with Gasteiger partial charge in [-0.2, -0.15) is 0 Å². The first-order chi connectivity index (χ1) is 11.0. The smallest absolute Gasteiger partial charge is 0.239 e. The van der Waals surface area contributed by atoms with E-state index in [2.05, 4.69) is 0 Å². The number of hydrogen-bond donors (Lipinski definition) is 0. The molecule has 1 aromatic carbocycles. The molecule has 1 aliphatic carbocycles. The van der Waals surface area contributed by atoms with Gasteiger partial charge in [0.25, 0.3) is 0 Å². The number of rotatable bonds is 2. The molecule has 1 aromatic rings. The first-order valence-electron chi connectivity index (χ1n) is 8.04. The Balaban J connectivity index is 1.50. The Hall–Kier alpha value is -1.18. The second-order valence-electron chi connectivity index (χ2n) is 6.61. The number of benzene rings is 1. The van der Waals surface area contributed by atoms with Crippen molar-refractivity contribution in [2.75, 3.05) is 24.1 Å². The van der Waals surface area contributed by atoms with Crippen LogP contribution in [0.4, 0.5) is 10.1 Å². The second kappa shape index (κ2) is 5.43. The summed E-state index contributed by atoms with van der Waals surface area (Å²) in [6.45, 7) is 1.69. The average molecular weight is 341 g/mol. The molecule has 0 aromatic heterocycles. The molecule has 1 spiro atoms. The zero-order chi connectivity index (χ0) is 16.1. The van der Waals surface area contributed by atoms with E-state index in [0.29, 0.717) is 31.0 Å². The van der Waals surface area contributed by atoms with Crippen LogP contribution in [-0.2, 0) is 25.2 Å². The Kier molecular flexibility index (Phi) is 3.62. The lowest BCUT2D eigenvalue weighted by Crippen LogP contribution is -2.39. The predicted octanol–water partition coefficient (Wildman–Crippen LogP) is 2.41. The summed E-state index contributed by atoms with van der Waals surface area (Å²) in [4.78, 5) is 0. The van der Waals surface area contributed by atoms with Gasteiger partial charge in [-0.05, 0) is 36.5 Å². The molecule has 2 aliphatic heterocycles. The van der Waals surface area contributed by atoms with Gasteiger partial charge in [0.05, 0.1) is 24.7 Å². The first kappa shape index (κ1) is 15.4. The highest BCUT2D eigenvalue weighted by atomic mass is 32.2. The fraction of sp³-hybridized carbons (Fsp3) is 0.625. The largest absolute Gasteiger partial charge is 0.348 e. The van der Waals surface area contributed by atoms with Gasteiger partial charge < -0.3 is 9.47 Å². The van der Waals surface area contributed by atoms with E-state index in [9.17, 15) is 12.8 Å². The number of hydrogen-bond acceptors (Lipinski definition) is 4. The minimum absolute atomic E-state index is 0.0362. The van der Waals surface area contributed by atoms with E-state index in [1.807, 2.05) is 0 Å². The van der Waals surface area contributed by atoms with Crippen molar-refractivity contribution in [1.82, 2.24) is 0 Å². The third-order valence-electron chi connectivity index (χ3n) is 5.09. The van der Waals surface area contributed by atoms with Crippen LogP contribution in [-0.4, -0.2) is 34.0 Å². The summed E-state index contributed by atoms with van der Waals surface area (Å²) >= 11 is 0. The SMILES string of the molecule is O=S1(=O)Cc2ccc(F)cc2N1CC1CCC2(CC1)OCCO2. The minimum atomic E-state index is -3.39. The summed E-state index contributed by atoms with van der Waals surface area (Å²) in [6.07, 6.45) is 3.30. The van der Waals surface area contributed by atoms with Crippen LogP contribution >= 0.6 is 0 Å². The van der Waals surface area contributed by atoms with Gasteiger partial charge in [-0.1, -0.05) is 6.07 Å². The second-order valence-corrected chi connectivity index (χ2v) is 8.50. The van der Waals surface area contributed by atoms with Crippen molar-refractivity contribution in [2.45, 2.75) is 37.2 Å². The fourth-order valence-corrected chi connectivity index (χ4v) is 5.55. The molecule has 3 aliphatic rings. The van der Waals surface area contributed by atoms with E-state index in [4.69, 9.17) is 9.47 Å². The van der Waals surface area contributed by atoms with Gasteiger partial charge in [-0.25, -0.2) is 12.8 Å². The highest BCUT2D eigenvalue weighted by Gasteiger charge is 2.42. The number of anilines is 1. The van der Waals surface area contributed by atoms with E-state index in [1.54, 1.807) is 6.07 Å². The molecule has 2 fully saturated rings. The topological polar surface area (TPSA) is 55.8 Å². The first-order valence-corrected chi connectivity index (χ1v) is 9.65. The van der Waals surface area contributed by atoms with E-state index >= 15 is 0 Å². The Morgan fingerprint density at radius 3 is 2.61 bits per heavy atom. The van der Waals surface area contributed by atoms with Crippen molar-refractivity contribution in [3.63, 3.8) is 0 Å². The van der Waals surface area contributed by atoms with Crippen molar-refractivity contribution in [2.24, 2.45) is 5.92 Å².